The van der Waals surface area contributed by atoms with Crippen LogP contribution >= 0.6 is 23.4 Å². The first-order valence-corrected chi connectivity index (χ1v) is 7.77. The molecule has 0 saturated carbocycles. The van der Waals surface area contributed by atoms with E-state index in [0.717, 1.165) is 12.8 Å². The fourth-order valence-electron chi connectivity index (χ4n) is 1.45. The number of amides is 1. The van der Waals surface area contributed by atoms with E-state index in [2.05, 4.69) is 21.8 Å². The Hall–Kier alpha value is -0.810. The smallest absolute Gasteiger partial charge is 0.271 e. The van der Waals surface area contributed by atoms with Crippen molar-refractivity contribution in [3.05, 3.63) is 23.0 Å². The van der Waals surface area contributed by atoms with Crippen molar-refractivity contribution in [2.45, 2.75) is 25.7 Å². The Morgan fingerprint density at radius 1 is 1.28 bits per heavy atom. The van der Waals surface area contributed by atoms with E-state index in [0.29, 0.717) is 17.4 Å². The van der Waals surface area contributed by atoms with Crippen LogP contribution < -0.4 is 5.32 Å². The monoisotopic (exact) mass is 287 g/mol. The van der Waals surface area contributed by atoms with Crippen molar-refractivity contribution >= 4 is 29.3 Å². The van der Waals surface area contributed by atoms with Crippen LogP contribution in [0.5, 0.6) is 0 Å². The van der Waals surface area contributed by atoms with Crippen molar-refractivity contribution in [1.29, 1.82) is 0 Å². The third-order valence-electron chi connectivity index (χ3n) is 2.43. The SMILES string of the molecule is CSCCCCCCNC(=O)c1ccc(Cl)nn1. The summed E-state index contributed by atoms with van der Waals surface area (Å²) in [5, 5.41) is 10.5. The highest BCUT2D eigenvalue weighted by atomic mass is 35.5. The van der Waals surface area contributed by atoms with Crippen molar-refractivity contribution in [2.75, 3.05) is 18.6 Å². The van der Waals surface area contributed by atoms with Crippen LogP contribution in [0.3, 0.4) is 0 Å². The first kappa shape index (κ1) is 15.2. The lowest BCUT2D eigenvalue weighted by atomic mass is 10.2. The second kappa shape index (κ2) is 9.16. The number of aromatic nitrogens is 2. The quantitative estimate of drug-likeness (QED) is 0.747. The van der Waals surface area contributed by atoms with Crippen LogP contribution in [0.1, 0.15) is 36.2 Å². The van der Waals surface area contributed by atoms with Crippen LogP contribution in [-0.2, 0) is 0 Å². The molecule has 0 unspecified atom stereocenters. The molecule has 6 heteroatoms. The molecule has 0 spiro atoms. The number of thioether (sulfide) groups is 1. The fraction of sp³-hybridized carbons (Fsp3) is 0.583. The molecular formula is C12H18ClN3OS. The van der Waals surface area contributed by atoms with Gasteiger partial charge >= 0.3 is 0 Å². The highest BCUT2D eigenvalue weighted by Crippen LogP contribution is 2.04. The van der Waals surface area contributed by atoms with Crippen molar-refractivity contribution in [3.63, 3.8) is 0 Å². The predicted octanol–water partition coefficient (Wildman–Crippen LogP) is 2.78. The highest BCUT2D eigenvalue weighted by Gasteiger charge is 2.06. The summed E-state index contributed by atoms with van der Waals surface area (Å²) in [6.07, 6.45) is 6.73. The maximum Gasteiger partial charge on any atom is 0.271 e. The second-order valence-electron chi connectivity index (χ2n) is 3.90. The van der Waals surface area contributed by atoms with Gasteiger partial charge in [0.2, 0.25) is 0 Å². The summed E-state index contributed by atoms with van der Waals surface area (Å²) in [6.45, 7) is 0.683. The largest absolute Gasteiger partial charge is 0.351 e. The average molecular weight is 288 g/mol. The minimum Gasteiger partial charge on any atom is -0.351 e. The molecule has 0 fully saturated rings. The third-order valence-corrected chi connectivity index (χ3v) is 3.32. The zero-order chi connectivity index (χ0) is 13.2. The number of nitrogens with zero attached hydrogens (tertiary/aromatic N) is 2. The molecule has 0 aliphatic heterocycles. The van der Waals surface area contributed by atoms with Gasteiger partial charge in [0.05, 0.1) is 0 Å². The Morgan fingerprint density at radius 3 is 2.72 bits per heavy atom. The molecule has 1 rings (SSSR count). The maximum atomic E-state index is 11.6. The first-order chi connectivity index (χ1) is 8.74. The standard InChI is InChI=1S/C12H18ClN3OS/c1-18-9-5-3-2-4-8-14-12(17)10-6-7-11(13)16-15-10/h6-7H,2-5,8-9H2,1H3,(H,14,17). The van der Waals surface area contributed by atoms with E-state index < -0.39 is 0 Å². The topological polar surface area (TPSA) is 54.9 Å². The van der Waals surface area contributed by atoms with Crippen LogP contribution in [-0.4, -0.2) is 34.7 Å². The molecule has 1 heterocycles. The fourth-order valence-corrected chi connectivity index (χ4v) is 2.05. The second-order valence-corrected chi connectivity index (χ2v) is 5.28. The molecule has 1 amide bonds. The zero-order valence-corrected chi connectivity index (χ0v) is 12.1. The van der Waals surface area contributed by atoms with E-state index in [4.69, 9.17) is 11.6 Å². The van der Waals surface area contributed by atoms with Gasteiger partial charge in [0.15, 0.2) is 10.8 Å². The molecule has 0 aliphatic rings. The average Bonchev–Trinajstić information content (AvgIpc) is 2.38. The minimum atomic E-state index is -0.191. The number of rotatable bonds is 8. The lowest BCUT2D eigenvalue weighted by Crippen LogP contribution is -2.25. The number of hydrogen-bond donors (Lipinski definition) is 1. The number of unbranched alkanes of at least 4 members (excludes halogenated alkanes) is 3. The van der Waals surface area contributed by atoms with E-state index >= 15 is 0 Å². The minimum absolute atomic E-state index is 0.191. The van der Waals surface area contributed by atoms with Crippen LogP contribution in [0, 0.1) is 0 Å². The van der Waals surface area contributed by atoms with Gasteiger partial charge in [0.25, 0.3) is 5.91 Å². The van der Waals surface area contributed by atoms with Crippen molar-refractivity contribution in [1.82, 2.24) is 15.5 Å². The third kappa shape index (κ3) is 6.21. The van der Waals surface area contributed by atoms with Crippen molar-refractivity contribution in [2.24, 2.45) is 0 Å². The van der Waals surface area contributed by atoms with Gasteiger partial charge in [0.1, 0.15) is 0 Å². The summed E-state index contributed by atoms with van der Waals surface area (Å²) >= 11 is 7.47. The highest BCUT2D eigenvalue weighted by molar-refractivity contribution is 7.98. The molecule has 0 atom stereocenters. The Morgan fingerprint density at radius 2 is 2.06 bits per heavy atom. The summed E-state index contributed by atoms with van der Waals surface area (Å²) in [5.74, 6) is 1.02. The van der Waals surface area contributed by atoms with E-state index in [9.17, 15) is 4.79 Å². The molecule has 0 saturated heterocycles. The van der Waals surface area contributed by atoms with Gasteiger partial charge < -0.3 is 5.32 Å². The van der Waals surface area contributed by atoms with Crippen LogP contribution in [0.25, 0.3) is 0 Å². The molecule has 1 N–H and O–H groups in total. The molecule has 0 radical (unpaired) electrons. The lowest BCUT2D eigenvalue weighted by molar-refractivity contribution is 0.0947. The molecule has 1 aromatic heterocycles. The van der Waals surface area contributed by atoms with Gasteiger partial charge in [-0.25, -0.2) is 0 Å². The lowest BCUT2D eigenvalue weighted by Gasteiger charge is -2.04. The summed E-state index contributed by atoms with van der Waals surface area (Å²) in [5.41, 5.74) is 0.307. The molecule has 18 heavy (non-hydrogen) atoms. The number of nitrogens with one attached hydrogen (secondary N) is 1. The summed E-state index contributed by atoms with van der Waals surface area (Å²) in [6, 6.07) is 3.13. The Labute approximate surface area is 117 Å². The number of hydrogen-bond acceptors (Lipinski definition) is 4. The Kier molecular flexibility index (Phi) is 7.76. The van der Waals surface area contributed by atoms with E-state index in [1.54, 1.807) is 12.1 Å². The number of halogens is 1. The molecule has 0 aromatic carbocycles. The van der Waals surface area contributed by atoms with Gasteiger partial charge in [-0.3, -0.25) is 4.79 Å². The molecule has 0 bridgehead atoms. The maximum absolute atomic E-state index is 11.6. The normalized spacial score (nSPS) is 10.3. The number of carbonyl (C=O) groups excluding carboxylic acids is 1. The van der Waals surface area contributed by atoms with Gasteiger partial charge in [-0.2, -0.15) is 11.8 Å². The van der Waals surface area contributed by atoms with Crippen LogP contribution in [0.4, 0.5) is 0 Å². The summed E-state index contributed by atoms with van der Waals surface area (Å²) in [7, 11) is 0. The van der Waals surface area contributed by atoms with E-state index in [-0.39, 0.29) is 5.91 Å². The van der Waals surface area contributed by atoms with E-state index in [1.807, 2.05) is 11.8 Å². The van der Waals surface area contributed by atoms with Crippen molar-refractivity contribution < 1.29 is 4.79 Å². The summed E-state index contributed by atoms with van der Waals surface area (Å²) < 4.78 is 0. The van der Waals surface area contributed by atoms with Gasteiger partial charge in [-0.05, 0) is 37.0 Å². The zero-order valence-electron chi connectivity index (χ0n) is 10.5. The predicted molar refractivity (Wildman–Crippen MR) is 76.2 cm³/mol. The molecule has 0 aliphatic carbocycles. The first-order valence-electron chi connectivity index (χ1n) is 6.00. The van der Waals surface area contributed by atoms with Crippen LogP contribution in [0.15, 0.2) is 12.1 Å². The molecular weight excluding hydrogens is 270 g/mol. The van der Waals surface area contributed by atoms with Gasteiger partial charge in [0, 0.05) is 6.54 Å². The Bertz CT molecular complexity index is 359. The molecule has 4 nitrogen and oxygen atoms in total. The van der Waals surface area contributed by atoms with Crippen molar-refractivity contribution in [3.8, 4) is 0 Å². The van der Waals surface area contributed by atoms with E-state index in [1.165, 1.54) is 18.6 Å². The Balaban J connectivity index is 2.12. The molecule has 1 aromatic rings. The van der Waals surface area contributed by atoms with Gasteiger partial charge in [-0.1, -0.05) is 24.4 Å². The number of carbonyl (C=O) groups is 1. The molecule has 100 valence electrons. The summed E-state index contributed by atoms with van der Waals surface area (Å²) in [4.78, 5) is 11.6. The van der Waals surface area contributed by atoms with Gasteiger partial charge in [-0.15, -0.1) is 10.2 Å². The van der Waals surface area contributed by atoms with Crippen LogP contribution in [0.2, 0.25) is 5.15 Å².